The molecule has 4 heterocycles. The first-order valence-corrected chi connectivity index (χ1v) is 6.74. The van der Waals surface area contributed by atoms with Crippen LogP contribution >= 0.6 is 11.3 Å². The zero-order valence-corrected chi connectivity index (χ0v) is 10.5. The van der Waals surface area contributed by atoms with Crippen LogP contribution in [0.15, 0.2) is 17.8 Å². The van der Waals surface area contributed by atoms with Gasteiger partial charge in [0.15, 0.2) is 0 Å². The summed E-state index contributed by atoms with van der Waals surface area (Å²) in [5.41, 5.74) is 1.19. The predicted octanol–water partition coefficient (Wildman–Crippen LogP) is 0.198. The first kappa shape index (κ1) is 10.7. The molecular weight excluding hydrogens is 266 g/mol. The minimum absolute atomic E-state index is 0.0331. The van der Waals surface area contributed by atoms with Gasteiger partial charge in [-0.2, -0.15) is 0 Å². The number of carbonyl (C=O) groups excluding carboxylic acids is 2. The average molecular weight is 274 g/mol. The van der Waals surface area contributed by atoms with Crippen molar-refractivity contribution in [2.45, 2.75) is 12.5 Å². The maximum Gasteiger partial charge on any atom is 0.266 e. The van der Waals surface area contributed by atoms with Gasteiger partial charge in [-0.15, -0.1) is 11.3 Å². The number of amides is 1. The van der Waals surface area contributed by atoms with Crippen molar-refractivity contribution in [3.63, 3.8) is 0 Å². The number of carboxylic acid groups (broad SMARTS) is 1. The molecule has 1 atom stereocenters. The summed E-state index contributed by atoms with van der Waals surface area (Å²) in [5, 5.41) is 13.0. The number of carbonyl (C=O) groups is 2. The molecule has 6 nitrogen and oxygen atoms in total. The highest BCUT2D eigenvalue weighted by Gasteiger charge is 2.42. The molecule has 1 saturated heterocycles. The van der Waals surface area contributed by atoms with Gasteiger partial charge in [-0.05, 0) is 17.9 Å². The Balaban J connectivity index is 2.04. The summed E-state index contributed by atoms with van der Waals surface area (Å²) in [4.78, 5) is 29.8. The number of thiophene rings is 1. The molecule has 2 aliphatic heterocycles. The molecular formula is C12H8N3O3S-. The molecule has 0 N–H and O–H groups in total. The van der Waals surface area contributed by atoms with Crippen LogP contribution in [0.3, 0.4) is 0 Å². The van der Waals surface area contributed by atoms with Crippen molar-refractivity contribution in [2.24, 2.45) is 0 Å². The Hall–Kier alpha value is -2.15. The Morgan fingerprint density at radius 2 is 2.37 bits per heavy atom. The molecule has 0 radical (unpaired) electrons. The van der Waals surface area contributed by atoms with Crippen molar-refractivity contribution in [1.29, 1.82) is 0 Å². The van der Waals surface area contributed by atoms with Crippen LogP contribution in [-0.4, -0.2) is 32.9 Å². The highest BCUT2D eigenvalue weighted by atomic mass is 32.1. The van der Waals surface area contributed by atoms with Gasteiger partial charge in [0.2, 0.25) is 0 Å². The molecule has 0 aromatic carbocycles. The van der Waals surface area contributed by atoms with Crippen molar-refractivity contribution < 1.29 is 14.7 Å². The Labute approximate surface area is 111 Å². The van der Waals surface area contributed by atoms with Crippen LogP contribution in [0.1, 0.15) is 38.3 Å². The number of rotatable bonds is 1. The third-order valence-corrected chi connectivity index (χ3v) is 4.58. The average Bonchev–Trinajstić information content (AvgIpc) is 2.90. The van der Waals surface area contributed by atoms with E-state index < -0.39 is 5.97 Å². The second kappa shape index (κ2) is 3.45. The summed E-state index contributed by atoms with van der Waals surface area (Å²) in [6.45, 7) is 0.651. The van der Waals surface area contributed by atoms with Gasteiger partial charge in [0.05, 0.1) is 23.4 Å². The van der Waals surface area contributed by atoms with E-state index >= 15 is 0 Å². The monoisotopic (exact) mass is 274 g/mol. The van der Waals surface area contributed by atoms with E-state index in [1.165, 1.54) is 17.7 Å². The van der Waals surface area contributed by atoms with Crippen molar-refractivity contribution >= 4 is 23.2 Å². The maximum absolute atomic E-state index is 12.3. The lowest BCUT2D eigenvalue weighted by molar-refractivity contribution is -0.255. The molecule has 0 unspecified atom stereocenters. The highest BCUT2D eigenvalue weighted by molar-refractivity contribution is 7.12. The number of hydrogen-bond donors (Lipinski definition) is 0. The smallest absolute Gasteiger partial charge is 0.266 e. The lowest BCUT2D eigenvalue weighted by Crippen LogP contribution is -2.45. The first-order chi connectivity index (χ1) is 9.18. The van der Waals surface area contributed by atoms with E-state index in [0.29, 0.717) is 22.8 Å². The van der Waals surface area contributed by atoms with Crippen molar-refractivity contribution in [1.82, 2.24) is 14.5 Å². The number of hydrogen-bond acceptors (Lipinski definition) is 5. The fourth-order valence-corrected chi connectivity index (χ4v) is 3.56. The second-order valence-electron chi connectivity index (χ2n) is 4.57. The van der Waals surface area contributed by atoms with E-state index in [0.717, 1.165) is 6.42 Å². The third-order valence-electron chi connectivity index (χ3n) is 3.69. The minimum atomic E-state index is -1.30. The normalized spacial score (nSPS) is 20.1. The van der Waals surface area contributed by atoms with Crippen molar-refractivity contribution in [3.8, 4) is 5.69 Å². The molecule has 2 aliphatic rings. The quantitative estimate of drug-likeness (QED) is 0.744. The summed E-state index contributed by atoms with van der Waals surface area (Å²) in [6, 6.07) is 1.61. The number of carboxylic acids is 1. The fraction of sp³-hybridized carbons (Fsp3) is 0.250. The maximum atomic E-state index is 12.3. The van der Waals surface area contributed by atoms with E-state index in [2.05, 4.69) is 4.98 Å². The SMILES string of the molecule is O=C([O-])c1ncn2c1[C@@H]1CCN1C(=O)c1sccc1-2. The van der Waals surface area contributed by atoms with Crippen LogP contribution in [0, 0.1) is 0 Å². The number of nitrogens with zero attached hydrogens (tertiary/aromatic N) is 3. The van der Waals surface area contributed by atoms with E-state index in [1.54, 1.807) is 9.47 Å². The molecule has 96 valence electrons. The van der Waals surface area contributed by atoms with Crippen LogP contribution in [0.5, 0.6) is 0 Å². The van der Waals surface area contributed by atoms with Gasteiger partial charge in [0, 0.05) is 6.54 Å². The molecule has 1 amide bonds. The van der Waals surface area contributed by atoms with Gasteiger partial charge in [0.1, 0.15) is 16.9 Å². The highest BCUT2D eigenvalue weighted by Crippen LogP contribution is 2.42. The van der Waals surface area contributed by atoms with E-state index in [4.69, 9.17) is 0 Å². The standard InChI is InChI=1S/C12H9N3O3S/c16-11-10-7(2-4-19-10)15-5-13-8(12(17)18)9(15)6-1-3-14(6)11/h2,4-6H,1,3H2,(H,17,18)/p-1/t6-/m0/s1. The van der Waals surface area contributed by atoms with Gasteiger partial charge in [-0.25, -0.2) is 4.98 Å². The molecule has 0 aliphatic carbocycles. The number of fused-ring (bicyclic) bond motifs is 5. The first-order valence-electron chi connectivity index (χ1n) is 5.86. The number of aromatic nitrogens is 2. The van der Waals surface area contributed by atoms with Crippen LogP contribution in [0.25, 0.3) is 5.69 Å². The Morgan fingerprint density at radius 3 is 3.05 bits per heavy atom. The molecule has 0 saturated carbocycles. The topological polar surface area (TPSA) is 78.3 Å². The van der Waals surface area contributed by atoms with Gasteiger partial charge in [-0.3, -0.25) is 9.36 Å². The Kier molecular flexibility index (Phi) is 1.95. The van der Waals surface area contributed by atoms with Crippen LogP contribution < -0.4 is 5.11 Å². The molecule has 2 aromatic rings. The molecule has 1 fully saturated rings. The molecule has 4 rings (SSSR count). The molecule has 0 bridgehead atoms. The minimum Gasteiger partial charge on any atom is -0.543 e. The number of imidazole rings is 1. The van der Waals surface area contributed by atoms with Crippen molar-refractivity contribution in [3.05, 3.63) is 34.0 Å². The van der Waals surface area contributed by atoms with Crippen LogP contribution in [-0.2, 0) is 0 Å². The predicted molar refractivity (Wildman–Crippen MR) is 64.2 cm³/mol. The zero-order valence-electron chi connectivity index (χ0n) is 9.70. The van der Waals surface area contributed by atoms with Gasteiger partial charge in [0.25, 0.3) is 5.91 Å². The summed E-state index contributed by atoms with van der Waals surface area (Å²) >= 11 is 1.36. The van der Waals surface area contributed by atoms with Crippen LogP contribution in [0.2, 0.25) is 0 Å². The van der Waals surface area contributed by atoms with E-state index in [9.17, 15) is 14.7 Å². The zero-order chi connectivity index (χ0) is 13.1. The van der Waals surface area contributed by atoms with Crippen molar-refractivity contribution in [2.75, 3.05) is 6.54 Å². The van der Waals surface area contributed by atoms with Gasteiger partial charge < -0.3 is 14.8 Å². The summed E-state index contributed by atoms with van der Waals surface area (Å²) < 4.78 is 1.71. The van der Waals surface area contributed by atoms with Gasteiger partial charge in [-0.1, -0.05) is 0 Å². The number of aromatic carboxylic acids is 1. The lowest BCUT2D eigenvalue weighted by atomic mass is 9.98. The largest absolute Gasteiger partial charge is 0.543 e. The summed E-state index contributed by atoms with van der Waals surface area (Å²) in [5.74, 6) is -1.33. The van der Waals surface area contributed by atoms with Crippen LogP contribution in [0.4, 0.5) is 0 Å². The molecule has 2 aromatic heterocycles. The third kappa shape index (κ3) is 1.22. The molecule has 0 spiro atoms. The van der Waals surface area contributed by atoms with E-state index in [-0.39, 0.29) is 17.6 Å². The lowest BCUT2D eigenvalue weighted by Gasteiger charge is -2.39. The Bertz CT molecular complexity index is 718. The summed E-state index contributed by atoms with van der Waals surface area (Å²) in [6.07, 6.45) is 2.22. The second-order valence-corrected chi connectivity index (χ2v) is 5.49. The molecule has 7 heteroatoms. The Morgan fingerprint density at radius 1 is 1.53 bits per heavy atom. The van der Waals surface area contributed by atoms with E-state index in [1.807, 2.05) is 11.4 Å². The molecule has 19 heavy (non-hydrogen) atoms. The van der Waals surface area contributed by atoms with Gasteiger partial charge >= 0.3 is 0 Å². The fourth-order valence-electron chi connectivity index (χ4n) is 2.72. The summed E-state index contributed by atoms with van der Waals surface area (Å²) in [7, 11) is 0.